The molecule has 0 saturated carbocycles. The van der Waals surface area contributed by atoms with Crippen molar-refractivity contribution >= 4 is 29.2 Å². The fourth-order valence-corrected chi connectivity index (χ4v) is 1.39. The third kappa shape index (κ3) is 2.70. The van der Waals surface area contributed by atoms with Crippen molar-refractivity contribution in [1.82, 2.24) is 20.2 Å². The molecule has 88 valence electrons. The van der Waals surface area contributed by atoms with E-state index in [9.17, 15) is 4.79 Å². The van der Waals surface area contributed by atoms with Crippen LogP contribution in [0, 0.1) is 6.92 Å². The van der Waals surface area contributed by atoms with Gasteiger partial charge in [-0.15, -0.1) is 0 Å². The molecule has 0 aromatic carbocycles. The van der Waals surface area contributed by atoms with Crippen LogP contribution in [0.1, 0.15) is 16.2 Å². The van der Waals surface area contributed by atoms with Crippen LogP contribution in [-0.2, 0) is 0 Å². The van der Waals surface area contributed by atoms with Gasteiger partial charge in [0.1, 0.15) is 5.82 Å². The van der Waals surface area contributed by atoms with Gasteiger partial charge in [-0.3, -0.25) is 5.10 Å². The lowest BCUT2D eigenvalue weighted by Crippen LogP contribution is -2.04. The molecule has 2 rings (SSSR count). The molecule has 0 aliphatic rings. The molecule has 0 fully saturated rings. The Morgan fingerprint density at radius 2 is 2.18 bits per heavy atom. The summed E-state index contributed by atoms with van der Waals surface area (Å²) < 4.78 is 0. The predicted octanol–water partition coefficient (Wildman–Crippen LogP) is 1.60. The van der Waals surface area contributed by atoms with Crippen molar-refractivity contribution in [3.05, 3.63) is 28.8 Å². The van der Waals surface area contributed by atoms with Crippen LogP contribution in [0.25, 0.3) is 0 Å². The number of aromatic nitrogens is 4. The van der Waals surface area contributed by atoms with Crippen LogP contribution in [0.2, 0.25) is 5.28 Å². The van der Waals surface area contributed by atoms with Crippen LogP contribution in [0.5, 0.6) is 0 Å². The van der Waals surface area contributed by atoms with Crippen LogP contribution < -0.4 is 5.32 Å². The van der Waals surface area contributed by atoms with E-state index in [1.807, 2.05) is 6.92 Å². The number of nitrogens with one attached hydrogen (secondary N) is 2. The van der Waals surface area contributed by atoms with Gasteiger partial charge in [0.2, 0.25) is 5.28 Å². The van der Waals surface area contributed by atoms with Gasteiger partial charge in [-0.2, -0.15) is 5.10 Å². The highest BCUT2D eigenvalue weighted by Crippen LogP contribution is 2.15. The lowest BCUT2D eigenvalue weighted by molar-refractivity contribution is 0.0690. The molecule has 0 bridgehead atoms. The van der Waals surface area contributed by atoms with Crippen LogP contribution in [0.3, 0.4) is 0 Å². The molecule has 3 N–H and O–H groups in total. The number of aromatic carboxylic acids is 1. The number of hydrogen-bond acceptors (Lipinski definition) is 5. The molecule has 2 heterocycles. The molecular formula is C9H8ClN5O2. The Balaban J connectivity index is 2.29. The Morgan fingerprint density at radius 1 is 1.41 bits per heavy atom. The summed E-state index contributed by atoms with van der Waals surface area (Å²) in [4.78, 5) is 18.2. The highest BCUT2D eigenvalue weighted by Gasteiger charge is 2.10. The second kappa shape index (κ2) is 4.38. The second-order valence-corrected chi connectivity index (χ2v) is 3.61. The van der Waals surface area contributed by atoms with Gasteiger partial charge < -0.3 is 10.4 Å². The highest BCUT2D eigenvalue weighted by molar-refractivity contribution is 6.28. The number of aromatic amines is 1. The van der Waals surface area contributed by atoms with Crippen molar-refractivity contribution in [2.75, 3.05) is 5.32 Å². The molecule has 2 aromatic heterocycles. The van der Waals surface area contributed by atoms with Crippen LogP contribution in [-0.4, -0.2) is 31.2 Å². The molecule has 0 atom stereocenters. The van der Waals surface area contributed by atoms with E-state index in [-0.39, 0.29) is 16.8 Å². The Labute approximate surface area is 101 Å². The standard InChI is InChI=1S/C9H8ClN5O2/c1-4-2-7(15-14-4)12-6-3-5(8(16)17)11-9(10)13-6/h2-3H,1H3,(H,16,17)(H2,11,12,13,14,15). The normalized spacial score (nSPS) is 10.2. The van der Waals surface area contributed by atoms with Crippen LogP contribution >= 0.6 is 11.6 Å². The minimum absolute atomic E-state index is 0.139. The third-order valence-corrected chi connectivity index (χ3v) is 2.05. The van der Waals surface area contributed by atoms with E-state index in [4.69, 9.17) is 16.7 Å². The van der Waals surface area contributed by atoms with Gasteiger partial charge in [0.05, 0.1) is 0 Å². The summed E-state index contributed by atoms with van der Waals surface area (Å²) in [6.45, 7) is 1.84. The van der Waals surface area contributed by atoms with Crippen molar-refractivity contribution < 1.29 is 9.90 Å². The molecule has 0 aliphatic heterocycles. The lowest BCUT2D eigenvalue weighted by Gasteiger charge is -2.02. The Bertz CT molecular complexity index is 568. The topological polar surface area (TPSA) is 104 Å². The molecule has 0 unspecified atom stereocenters. The van der Waals surface area contributed by atoms with Gasteiger partial charge in [0.25, 0.3) is 0 Å². The summed E-state index contributed by atoms with van der Waals surface area (Å²) in [7, 11) is 0. The maximum absolute atomic E-state index is 10.8. The first kappa shape index (κ1) is 11.3. The zero-order chi connectivity index (χ0) is 12.4. The van der Waals surface area contributed by atoms with Gasteiger partial charge in [-0.1, -0.05) is 0 Å². The largest absolute Gasteiger partial charge is 0.477 e. The first-order valence-electron chi connectivity index (χ1n) is 4.61. The summed E-state index contributed by atoms with van der Waals surface area (Å²) in [5.74, 6) is -0.377. The number of rotatable bonds is 3. The summed E-state index contributed by atoms with van der Waals surface area (Å²) in [6, 6.07) is 3.02. The number of nitrogens with zero attached hydrogens (tertiary/aromatic N) is 3. The van der Waals surface area contributed by atoms with Crippen molar-refractivity contribution in [2.45, 2.75) is 6.92 Å². The summed E-state index contributed by atoms with van der Waals surface area (Å²) >= 11 is 5.61. The van der Waals surface area contributed by atoms with Gasteiger partial charge >= 0.3 is 5.97 Å². The predicted molar refractivity (Wildman–Crippen MR) is 60.6 cm³/mol. The van der Waals surface area contributed by atoms with E-state index in [1.54, 1.807) is 6.07 Å². The zero-order valence-electron chi connectivity index (χ0n) is 8.73. The molecular weight excluding hydrogens is 246 g/mol. The number of carbonyl (C=O) groups is 1. The molecule has 7 nitrogen and oxygen atoms in total. The zero-order valence-corrected chi connectivity index (χ0v) is 9.49. The van der Waals surface area contributed by atoms with Crippen LogP contribution in [0.15, 0.2) is 12.1 Å². The summed E-state index contributed by atoms with van der Waals surface area (Å²) in [5.41, 5.74) is 0.686. The van der Waals surface area contributed by atoms with Crippen molar-refractivity contribution in [3.8, 4) is 0 Å². The van der Waals surface area contributed by atoms with E-state index >= 15 is 0 Å². The maximum atomic E-state index is 10.8. The van der Waals surface area contributed by atoms with E-state index in [0.29, 0.717) is 5.82 Å². The molecule has 0 saturated heterocycles. The molecule has 0 spiro atoms. The lowest BCUT2D eigenvalue weighted by atomic mass is 10.4. The van der Waals surface area contributed by atoms with Crippen LogP contribution in [0.4, 0.5) is 11.6 Å². The molecule has 0 aliphatic carbocycles. The third-order valence-electron chi connectivity index (χ3n) is 1.88. The SMILES string of the molecule is Cc1cc(Nc2cc(C(=O)O)nc(Cl)n2)n[nH]1. The molecule has 8 heteroatoms. The fraction of sp³-hybridized carbons (Fsp3) is 0.111. The van der Waals surface area contributed by atoms with Gasteiger partial charge in [0.15, 0.2) is 11.5 Å². The van der Waals surface area contributed by atoms with Gasteiger partial charge in [-0.05, 0) is 18.5 Å². The molecule has 2 aromatic rings. The van der Waals surface area contributed by atoms with Gasteiger partial charge in [-0.25, -0.2) is 14.8 Å². The van der Waals surface area contributed by atoms with E-state index in [0.717, 1.165) is 5.69 Å². The average molecular weight is 254 g/mol. The smallest absolute Gasteiger partial charge is 0.354 e. The second-order valence-electron chi connectivity index (χ2n) is 3.27. The molecule has 17 heavy (non-hydrogen) atoms. The maximum Gasteiger partial charge on any atom is 0.354 e. The Kier molecular flexibility index (Phi) is 2.92. The number of H-pyrrole nitrogens is 1. The monoisotopic (exact) mass is 253 g/mol. The Morgan fingerprint density at radius 3 is 2.76 bits per heavy atom. The fourth-order valence-electron chi connectivity index (χ4n) is 1.20. The van der Waals surface area contributed by atoms with E-state index < -0.39 is 5.97 Å². The first-order chi connectivity index (χ1) is 8.04. The number of carboxylic acids is 1. The van der Waals surface area contributed by atoms with Crippen molar-refractivity contribution in [3.63, 3.8) is 0 Å². The minimum atomic E-state index is -1.17. The number of halogens is 1. The van der Waals surface area contributed by atoms with Gasteiger partial charge in [0, 0.05) is 17.8 Å². The van der Waals surface area contributed by atoms with Crippen molar-refractivity contribution in [2.24, 2.45) is 0 Å². The number of aryl methyl sites for hydroxylation is 1. The first-order valence-corrected chi connectivity index (χ1v) is 4.99. The number of anilines is 2. The Hall–Kier alpha value is -2.15. The summed E-state index contributed by atoms with van der Waals surface area (Å²) in [5, 5.41) is 18.1. The number of hydrogen-bond donors (Lipinski definition) is 3. The van der Waals surface area contributed by atoms with E-state index in [1.165, 1.54) is 6.07 Å². The molecule has 0 amide bonds. The minimum Gasteiger partial charge on any atom is -0.477 e. The van der Waals surface area contributed by atoms with E-state index in [2.05, 4.69) is 25.5 Å². The quantitative estimate of drug-likeness (QED) is 0.718. The van der Waals surface area contributed by atoms with Crippen molar-refractivity contribution in [1.29, 1.82) is 0 Å². The molecule has 0 radical (unpaired) electrons. The highest BCUT2D eigenvalue weighted by atomic mass is 35.5. The number of carboxylic acid groups (broad SMARTS) is 1. The summed E-state index contributed by atoms with van der Waals surface area (Å²) in [6.07, 6.45) is 0. The average Bonchev–Trinajstić information content (AvgIpc) is 2.63.